The van der Waals surface area contributed by atoms with Gasteiger partial charge in [0.1, 0.15) is 23.7 Å². The summed E-state index contributed by atoms with van der Waals surface area (Å²) < 4.78 is 16.5. The highest BCUT2D eigenvalue weighted by Gasteiger charge is 2.14. The van der Waals surface area contributed by atoms with Crippen molar-refractivity contribution in [2.75, 3.05) is 7.11 Å². The first-order valence-corrected chi connectivity index (χ1v) is 9.97. The number of esters is 1. The monoisotopic (exact) mass is 434 g/mol. The minimum atomic E-state index is -0.384. The van der Waals surface area contributed by atoms with Crippen molar-refractivity contribution in [1.29, 1.82) is 0 Å². The lowest BCUT2D eigenvalue weighted by Crippen LogP contribution is -2.07. The Hall–Kier alpha value is -3.57. The number of carbonyl (C=O) groups is 1. The molecule has 0 aliphatic carbocycles. The molecule has 156 valence electrons. The van der Waals surface area contributed by atoms with Crippen molar-refractivity contribution in [2.24, 2.45) is 0 Å². The number of fused-ring (bicyclic) bond motifs is 1. The van der Waals surface area contributed by atoms with Gasteiger partial charge in [0.15, 0.2) is 0 Å². The number of rotatable bonds is 5. The zero-order valence-corrected chi connectivity index (χ0v) is 17.7. The topological polar surface area (TPSA) is 65.7 Å². The summed E-state index contributed by atoms with van der Waals surface area (Å²) in [5, 5.41) is 1.08. The van der Waals surface area contributed by atoms with Crippen LogP contribution in [0.2, 0.25) is 5.02 Å². The first-order valence-electron chi connectivity index (χ1n) is 9.59. The van der Waals surface area contributed by atoms with E-state index in [2.05, 4.69) is 0 Å². The van der Waals surface area contributed by atoms with Crippen LogP contribution in [0.3, 0.4) is 0 Å². The second-order valence-corrected chi connectivity index (χ2v) is 7.44. The molecule has 1 aromatic heterocycles. The van der Waals surface area contributed by atoms with Gasteiger partial charge in [-0.25, -0.2) is 4.79 Å². The maximum absolute atomic E-state index is 13.1. The first kappa shape index (κ1) is 20.7. The van der Waals surface area contributed by atoms with E-state index in [0.717, 1.165) is 11.1 Å². The van der Waals surface area contributed by atoms with Crippen LogP contribution in [-0.2, 0) is 11.3 Å². The molecule has 4 aromatic rings. The highest BCUT2D eigenvalue weighted by Crippen LogP contribution is 2.27. The van der Waals surface area contributed by atoms with Crippen molar-refractivity contribution in [3.8, 4) is 16.9 Å². The van der Waals surface area contributed by atoms with Crippen LogP contribution < -0.4 is 10.2 Å². The van der Waals surface area contributed by atoms with Crippen molar-refractivity contribution >= 4 is 28.5 Å². The van der Waals surface area contributed by atoms with Crippen LogP contribution in [0, 0.1) is 6.92 Å². The number of ether oxygens (including phenoxy) is 2. The fraction of sp³-hybridized carbons (Fsp3) is 0.120. The number of aryl methyl sites for hydroxylation is 1. The predicted molar refractivity (Wildman–Crippen MR) is 120 cm³/mol. The summed E-state index contributed by atoms with van der Waals surface area (Å²) in [6.45, 7) is 2.07. The van der Waals surface area contributed by atoms with Gasteiger partial charge in [-0.3, -0.25) is 4.79 Å². The van der Waals surface area contributed by atoms with E-state index in [1.165, 1.54) is 7.11 Å². The summed E-state index contributed by atoms with van der Waals surface area (Å²) in [7, 11) is 1.34. The van der Waals surface area contributed by atoms with Gasteiger partial charge >= 0.3 is 5.97 Å². The fourth-order valence-corrected chi connectivity index (χ4v) is 3.47. The summed E-state index contributed by atoms with van der Waals surface area (Å²) in [6, 6.07) is 19.2. The standard InChI is InChI=1S/C25H19ClO5/c1-15-23(17-7-9-19(26)10-8-17)24(27)21-12-11-20(13-22(21)31-15)30-14-16-3-5-18(6-4-16)25(28)29-2/h3-13H,14H2,1-2H3. The molecule has 0 unspecified atom stereocenters. The lowest BCUT2D eigenvalue weighted by molar-refractivity contribution is 0.0600. The quantitative estimate of drug-likeness (QED) is 0.372. The summed E-state index contributed by atoms with van der Waals surface area (Å²) in [6.07, 6.45) is 0. The number of carbonyl (C=O) groups excluding carboxylic acids is 1. The van der Waals surface area contributed by atoms with Gasteiger partial charge < -0.3 is 13.9 Å². The molecule has 0 radical (unpaired) electrons. The van der Waals surface area contributed by atoms with Gasteiger partial charge in [-0.15, -0.1) is 0 Å². The third-order valence-electron chi connectivity index (χ3n) is 4.95. The van der Waals surface area contributed by atoms with Gasteiger partial charge in [0.2, 0.25) is 5.43 Å². The van der Waals surface area contributed by atoms with Gasteiger partial charge in [-0.05, 0) is 54.4 Å². The van der Waals surface area contributed by atoms with Gasteiger partial charge in [-0.2, -0.15) is 0 Å². The molecule has 0 N–H and O–H groups in total. The molecule has 31 heavy (non-hydrogen) atoms. The molecule has 0 spiro atoms. The molecule has 0 amide bonds. The predicted octanol–water partition coefficient (Wildman–Crippen LogP) is 5.79. The number of methoxy groups -OCH3 is 1. The summed E-state index contributed by atoms with van der Waals surface area (Å²) in [4.78, 5) is 24.6. The lowest BCUT2D eigenvalue weighted by Gasteiger charge is -2.10. The number of halogens is 1. The van der Waals surface area contributed by atoms with E-state index >= 15 is 0 Å². The Bertz CT molecular complexity index is 1310. The molecule has 0 fully saturated rings. The Morgan fingerprint density at radius 1 is 1.00 bits per heavy atom. The van der Waals surface area contributed by atoms with E-state index in [9.17, 15) is 9.59 Å². The van der Waals surface area contributed by atoms with E-state index < -0.39 is 0 Å². The Balaban J connectivity index is 1.58. The third kappa shape index (κ3) is 4.32. The number of benzene rings is 3. The van der Waals surface area contributed by atoms with Crippen molar-refractivity contribution in [1.82, 2.24) is 0 Å². The SMILES string of the molecule is COC(=O)c1ccc(COc2ccc3c(=O)c(-c4ccc(Cl)cc4)c(C)oc3c2)cc1. The molecular weight excluding hydrogens is 416 g/mol. The Labute approximate surface area is 183 Å². The van der Waals surface area contributed by atoms with Crippen LogP contribution in [-0.4, -0.2) is 13.1 Å². The van der Waals surface area contributed by atoms with Gasteiger partial charge in [-0.1, -0.05) is 35.9 Å². The molecule has 0 atom stereocenters. The fourth-order valence-electron chi connectivity index (χ4n) is 3.35. The third-order valence-corrected chi connectivity index (χ3v) is 5.21. The van der Waals surface area contributed by atoms with E-state index in [1.54, 1.807) is 73.7 Å². The molecule has 1 heterocycles. The Morgan fingerprint density at radius 3 is 2.39 bits per heavy atom. The van der Waals surface area contributed by atoms with Crippen LogP contribution in [0.4, 0.5) is 0 Å². The zero-order valence-electron chi connectivity index (χ0n) is 17.0. The summed E-state index contributed by atoms with van der Waals surface area (Å²) >= 11 is 5.96. The molecule has 0 saturated heterocycles. The molecule has 4 rings (SSSR count). The van der Waals surface area contributed by atoms with Gasteiger partial charge in [0, 0.05) is 11.1 Å². The van der Waals surface area contributed by atoms with E-state index in [0.29, 0.717) is 45.2 Å². The number of hydrogen-bond donors (Lipinski definition) is 0. The van der Waals surface area contributed by atoms with Crippen LogP contribution in [0.15, 0.2) is 75.9 Å². The van der Waals surface area contributed by atoms with Crippen LogP contribution in [0.25, 0.3) is 22.1 Å². The Morgan fingerprint density at radius 2 is 1.71 bits per heavy atom. The molecule has 0 bridgehead atoms. The van der Waals surface area contributed by atoms with E-state index in [4.69, 9.17) is 25.5 Å². The van der Waals surface area contributed by atoms with Crippen LogP contribution in [0.5, 0.6) is 5.75 Å². The molecular formula is C25H19ClO5. The molecule has 0 aliphatic rings. The molecule has 5 nitrogen and oxygen atoms in total. The molecule has 6 heteroatoms. The number of hydrogen-bond acceptors (Lipinski definition) is 5. The van der Waals surface area contributed by atoms with Crippen molar-refractivity contribution in [3.63, 3.8) is 0 Å². The summed E-state index contributed by atoms with van der Waals surface area (Å²) in [5.41, 5.74) is 3.00. The average Bonchev–Trinajstić information content (AvgIpc) is 2.78. The second-order valence-electron chi connectivity index (χ2n) is 7.00. The maximum Gasteiger partial charge on any atom is 0.337 e. The highest BCUT2D eigenvalue weighted by molar-refractivity contribution is 6.30. The van der Waals surface area contributed by atoms with Crippen molar-refractivity contribution in [3.05, 3.63) is 98.9 Å². The summed E-state index contributed by atoms with van der Waals surface area (Å²) in [5.74, 6) is 0.715. The zero-order chi connectivity index (χ0) is 22.0. The molecule has 3 aromatic carbocycles. The largest absolute Gasteiger partial charge is 0.489 e. The van der Waals surface area contributed by atoms with E-state index in [1.807, 2.05) is 0 Å². The second kappa shape index (κ2) is 8.66. The first-order chi connectivity index (χ1) is 15.0. The smallest absolute Gasteiger partial charge is 0.337 e. The highest BCUT2D eigenvalue weighted by atomic mass is 35.5. The maximum atomic E-state index is 13.1. The van der Waals surface area contributed by atoms with Crippen molar-refractivity contribution < 1.29 is 18.7 Å². The normalized spacial score (nSPS) is 10.8. The lowest BCUT2D eigenvalue weighted by atomic mass is 10.0. The van der Waals surface area contributed by atoms with Gasteiger partial charge in [0.05, 0.1) is 23.6 Å². The Kier molecular flexibility index (Phi) is 5.78. The van der Waals surface area contributed by atoms with E-state index in [-0.39, 0.29) is 11.4 Å². The minimum absolute atomic E-state index is 0.106. The minimum Gasteiger partial charge on any atom is -0.489 e. The average molecular weight is 435 g/mol. The molecule has 0 aliphatic heterocycles. The van der Waals surface area contributed by atoms with Crippen LogP contribution in [0.1, 0.15) is 21.7 Å². The molecule has 0 saturated carbocycles. The van der Waals surface area contributed by atoms with Gasteiger partial charge in [0.25, 0.3) is 0 Å². The van der Waals surface area contributed by atoms with Crippen LogP contribution >= 0.6 is 11.6 Å². The van der Waals surface area contributed by atoms with Crippen molar-refractivity contribution in [2.45, 2.75) is 13.5 Å².